The highest BCUT2D eigenvalue weighted by Crippen LogP contribution is 2.15. The van der Waals surface area contributed by atoms with E-state index in [9.17, 15) is 0 Å². The maximum Gasteiger partial charge on any atom is 0.0233 e. The standard InChI is InChI=1S/C16H26N/c1-5-12-17(4)13-16-9-7-6-8-15(16)11-10-14(2)3/h6,8-9,14H,5,10-13H2,1-4H3. The van der Waals surface area contributed by atoms with E-state index in [0.717, 1.165) is 12.5 Å². The minimum atomic E-state index is 0.778. The molecule has 0 unspecified atom stereocenters. The molecule has 0 saturated carbocycles. The maximum absolute atomic E-state index is 3.21. The van der Waals surface area contributed by atoms with Gasteiger partial charge < -0.3 is 4.90 Å². The van der Waals surface area contributed by atoms with Crippen LogP contribution in [0, 0.1) is 12.0 Å². The van der Waals surface area contributed by atoms with Crippen molar-refractivity contribution in [2.45, 2.75) is 46.6 Å². The topological polar surface area (TPSA) is 3.24 Å². The number of hydrogen-bond acceptors (Lipinski definition) is 1. The van der Waals surface area contributed by atoms with Crippen molar-refractivity contribution in [3.63, 3.8) is 0 Å². The second-order valence-corrected chi connectivity index (χ2v) is 5.37. The summed E-state index contributed by atoms with van der Waals surface area (Å²) in [6.07, 6.45) is 3.69. The fourth-order valence-corrected chi connectivity index (χ4v) is 2.08. The molecule has 0 bridgehead atoms. The highest BCUT2D eigenvalue weighted by atomic mass is 15.1. The summed E-state index contributed by atoms with van der Waals surface area (Å²) < 4.78 is 0. The molecule has 1 aromatic carbocycles. The zero-order valence-electron chi connectivity index (χ0n) is 11.8. The molecule has 1 heteroatoms. The fraction of sp³-hybridized carbons (Fsp3) is 0.625. The third kappa shape index (κ3) is 5.36. The SMILES string of the molecule is CCCN(C)Cc1c[c]ccc1CCC(C)C. The summed E-state index contributed by atoms with van der Waals surface area (Å²) in [4.78, 5) is 2.39. The molecule has 1 aromatic rings. The zero-order valence-corrected chi connectivity index (χ0v) is 11.8. The highest BCUT2D eigenvalue weighted by Gasteiger charge is 2.05. The molecule has 0 spiro atoms. The first-order valence-corrected chi connectivity index (χ1v) is 6.79. The van der Waals surface area contributed by atoms with Crippen molar-refractivity contribution in [1.29, 1.82) is 0 Å². The lowest BCUT2D eigenvalue weighted by Crippen LogP contribution is -2.19. The molecule has 0 saturated heterocycles. The molecule has 1 nitrogen and oxygen atoms in total. The second kappa shape index (κ2) is 7.50. The molecule has 0 aromatic heterocycles. The third-order valence-corrected chi connectivity index (χ3v) is 3.09. The second-order valence-electron chi connectivity index (χ2n) is 5.37. The molecule has 1 radical (unpaired) electrons. The van der Waals surface area contributed by atoms with Crippen LogP contribution in [0.2, 0.25) is 0 Å². The van der Waals surface area contributed by atoms with Crippen molar-refractivity contribution in [3.8, 4) is 0 Å². The molecule has 0 N–H and O–H groups in total. The van der Waals surface area contributed by atoms with Crippen LogP contribution < -0.4 is 0 Å². The Morgan fingerprint density at radius 3 is 2.71 bits per heavy atom. The third-order valence-electron chi connectivity index (χ3n) is 3.09. The van der Waals surface area contributed by atoms with Gasteiger partial charge in [0.2, 0.25) is 0 Å². The van der Waals surface area contributed by atoms with E-state index in [2.05, 4.69) is 50.9 Å². The van der Waals surface area contributed by atoms with Gasteiger partial charge in [-0.1, -0.05) is 32.9 Å². The molecule has 0 heterocycles. The van der Waals surface area contributed by atoms with E-state index in [1.165, 1.54) is 36.9 Å². The summed E-state index contributed by atoms with van der Waals surface area (Å²) in [6.45, 7) is 9.03. The van der Waals surface area contributed by atoms with Crippen LogP contribution in [0.25, 0.3) is 0 Å². The number of nitrogens with zero attached hydrogens (tertiary/aromatic N) is 1. The largest absolute Gasteiger partial charge is 0.302 e. The molecule has 0 aliphatic heterocycles. The van der Waals surface area contributed by atoms with Crippen LogP contribution in [0.15, 0.2) is 18.2 Å². The Balaban J connectivity index is 2.63. The van der Waals surface area contributed by atoms with Crippen molar-refractivity contribution in [3.05, 3.63) is 35.4 Å². The van der Waals surface area contributed by atoms with Crippen LogP contribution in [-0.4, -0.2) is 18.5 Å². The van der Waals surface area contributed by atoms with Crippen LogP contribution in [0.1, 0.15) is 44.7 Å². The summed E-state index contributed by atoms with van der Waals surface area (Å²) >= 11 is 0. The summed E-state index contributed by atoms with van der Waals surface area (Å²) in [6, 6.07) is 9.64. The van der Waals surface area contributed by atoms with E-state index < -0.39 is 0 Å². The van der Waals surface area contributed by atoms with Gasteiger partial charge in [0.25, 0.3) is 0 Å². The molecule has 95 valence electrons. The van der Waals surface area contributed by atoms with Gasteiger partial charge in [0, 0.05) is 6.54 Å². The van der Waals surface area contributed by atoms with Crippen LogP contribution in [-0.2, 0) is 13.0 Å². The van der Waals surface area contributed by atoms with Gasteiger partial charge in [0.15, 0.2) is 0 Å². The fourth-order valence-electron chi connectivity index (χ4n) is 2.08. The Bertz CT molecular complexity index is 317. The number of benzene rings is 1. The number of hydrogen-bond donors (Lipinski definition) is 0. The van der Waals surface area contributed by atoms with Crippen molar-refractivity contribution < 1.29 is 0 Å². The minimum Gasteiger partial charge on any atom is -0.302 e. The van der Waals surface area contributed by atoms with Crippen LogP contribution in [0.3, 0.4) is 0 Å². The van der Waals surface area contributed by atoms with Gasteiger partial charge in [-0.3, -0.25) is 0 Å². The lowest BCUT2D eigenvalue weighted by atomic mass is 9.98. The predicted molar refractivity (Wildman–Crippen MR) is 75.1 cm³/mol. The van der Waals surface area contributed by atoms with Gasteiger partial charge in [-0.25, -0.2) is 0 Å². The van der Waals surface area contributed by atoms with Gasteiger partial charge in [-0.15, -0.1) is 0 Å². The molecule has 0 atom stereocenters. The summed E-state index contributed by atoms with van der Waals surface area (Å²) in [5.41, 5.74) is 2.95. The minimum absolute atomic E-state index is 0.778. The Kier molecular flexibility index (Phi) is 6.28. The predicted octanol–water partition coefficient (Wildman–Crippen LogP) is 3.92. The zero-order chi connectivity index (χ0) is 12.7. The van der Waals surface area contributed by atoms with E-state index in [1.807, 2.05) is 6.07 Å². The maximum atomic E-state index is 3.21. The summed E-state index contributed by atoms with van der Waals surface area (Å²) in [5, 5.41) is 0. The van der Waals surface area contributed by atoms with Gasteiger partial charge in [0.1, 0.15) is 0 Å². The molecule has 1 rings (SSSR count). The normalized spacial score (nSPS) is 11.4. The van der Waals surface area contributed by atoms with E-state index in [4.69, 9.17) is 0 Å². The summed E-state index contributed by atoms with van der Waals surface area (Å²) in [7, 11) is 2.20. The molecular weight excluding hydrogens is 206 g/mol. The van der Waals surface area contributed by atoms with E-state index in [1.54, 1.807) is 0 Å². The lowest BCUT2D eigenvalue weighted by Gasteiger charge is -2.18. The molecule has 0 aliphatic carbocycles. The van der Waals surface area contributed by atoms with Crippen molar-refractivity contribution in [1.82, 2.24) is 4.90 Å². The quantitative estimate of drug-likeness (QED) is 0.689. The Morgan fingerprint density at radius 1 is 1.29 bits per heavy atom. The first-order valence-electron chi connectivity index (χ1n) is 6.79. The Morgan fingerprint density at radius 2 is 2.06 bits per heavy atom. The first-order chi connectivity index (χ1) is 8.13. The average molecular weight is 232 g/mol. The van der Waals surface area contributed by atoms with Crippen LogP contribution >= 0.6 is 0 Å². The molecule has 17 heavy (non-hydrogen) atoms. The highest BCUT2D eigenvalue weighted by molar-refractivity contribution is 5.26. The first kappa shape index (κ1) is 14.2. The van der Waals surface area contributed by atoms with E-state index >= 15 is 0 Å². The van der Waals surface area contributed by atoms with E-state index in [-0.39, 0.29) is 0 Å². The lowest BCUT2D eigenvalue weighted by molar-refractivity contribution is 0.326. The monoisotopic (exact) mass is 232 g/mol. The number of rotatable bonds is 7. The van der Waals surface area contributed by atoms with Gasteiger partial charge >= 0.3 is 0 Å². The number of aryl methyl sites for hydroxylation is 1. The van der Waals surface area contributed by atoms with Crippen LogP contribution in [0.5, 0.6) is 0 Å². The van der Waals surface area contributed by atoms with Crippen molar-refractivity contribution in [2.75, 3.05) is 13.6 Å². The van der Waals surface area contributed by atoms with Crippen molar-refractivity contribution in [2.24, 2.45) is 5.92 Å². The van der Waals surface area contributed by atoms with E-state index in [0.29, 0.717) is 0 Å². The van der Waals surface area contributed by atoms with Crippen molar-refractivity contribution >= 4 is 0 Å². The van der Waals surface area contributed by atoms with Gasteiger partial charge in [0.05, 0.1) is 0 Å². The van der Waals surface area contributed by atoms with Gasteiger partial charge in [-0.05, 0) is 62.0 Å². The van der Waals surface area contributed by atoms with Crippen LogP contribution in [0.4, 0.5) is 0 Å². The molecule has 0 fully saturated rings. The molecular formula is C16H26N. The molecule has 0 amide bonds. The smallest absolute Gasteiger partial charge is 0.0233 e. The Hall–Kier alpha value is -0.820. The van der Waals surface area contributed by atoms with Gasteiger partial charge in [-0.2, -0.15) is 0 Å². The Labute approximate surface area is 107 Å². The summed E-state index contributed by atoms with van der Waals surface area (Å²) in [5.74, 6) is 0.778. The average Bonchev–Trinajstić information content (AvgIpc) is 2.28. The molecule has 0 aliphatic rings.